The lowest BCUT2D eigenvalue weighted by atomic mass is 9.89. The molecule has 4 rings (SSSR count). The Morgan fingerprint density at radius 2 is 1.63 bits per heavy atom. The maximum absolute atomic E-state index is 10.9. The van der Waals surface area contributed by atoms with E-state index in [2.05, 4.69) is 0 Å². The van der Waals surface area contributed by atoms with Gasteiger partial charge in [-0.2, -0.15) is 0 Å². The fourth-order valence-corrected chi connectivity index (χ4v) is 4.74. The van der Waals surface area contributed by atoms with E-state index < -0.39 is 86.5 Å². The summed E-state index contributed by atoms with van der Waals surface area (Å²) >= 11 is 0. The van der Waals surface area contributed by atoms with Crippen molar-refractivity contribution in [1.82, 2.24) is 0 Å². The van der Waals surface area contributed by atoms with Gasteiger partial charge in [-0.05, 0) is 24.0 Å². The minimum absolute atomic E-state index is 0.0412. The molecule has 0 aromatic carbocycles. The Labute approximate surface area is 199 Å². The summed E-state index contributed by atoms with van der Waals surface area (Å²) in [6, 6.07) is 0. The zero-order valence-corrected chi connectivity index (χ0v) is 18.6. The quantitative estimate of drug-likeness (QED) is 0.147. The summed E-state index contributed by atoms with van der Waals surface area (Å²) in [5.41, 5.74) is 0.649. The Balaban J connectivity index is 1.45. The fourth-order valence-electron chi connectivity index (χ4n) is 4.74. The van der Waals surface area contributed by atoms with Crippen molar-refractivity contribution in [2.24, 2.45) is 11.8 Å². The first-order valence-electron chi connectivity index (χ1n) is 11.2. The topological polar surface area (TPSA) is 228 Å². The van der Waals surface area contributed by atoms with Gasteiger partial charge in [-0.1, -0.05) is 6.08 Å². The molecule has 35 heavy (non-hydrogen) atoms. The first-order valence-corrected chi connectivity index (χ1v) is 11.2. The lowest BCUT2D eigenvalue weighted by molar-refractivity contribution is -0.425. The van der Waals surface area contributed by atoms with Gasteiger partial charge in [0, 0.05) is 0 Å². The van der Waals surface area contributed by atoms with Gasteiger partial charge < -0.3 is 69.6 Å². The van der Waals surface area contributed by atoms with Crippen molar-refractivity contribution in [2.45, 2.75) is 73.8 Å². The number of allylic oxidation sites excluding steroid dienone is 2. The summed E-state index contributed by atoms with van der Waals surface area (Å²) in [6.45, 7) is -1.90. The summed E-state index contributed by atoms with van der Waals surface area (Å²) in [4.78, 5) is 0. The van der Waals surface area contributed by atoms with E-state index in [9.17, 15) is 46.0 Å². The highest BCUT2D eigenvalue weighted by molar-refractivity contribution is 5.21. The number of ether oxygens (including phenoxy) is 5. The van der Waals surface area contributed by atoms with Gasteiger partial charge in [0.1, 0.15) is 49.3 Å². The third-order valence-corrected chi connectivity index (χ3v) is 6.86. The average Bonchev–Trinajstić information content (AvgIpc) is 3.28. The van der Waals surface area contributed by atoms with Crippen LogP contribution in [0.15, 0.2) is 24.0 Å². The molecule has 3 heterocycles. The predicted octanol–water partition coefficient (Wildman–Crippen LogP) is -4.63. The van der Waals surface area contributed by atoms with Gasteiger partial charge in [-0.3, -0.25) is 0 Å². The molecule has 9 N–H and O–H groups in total. The van der Waals surface area contributed by atoms with Crippen LogP contribution in [0.3, 0.4) is 0 Å². The van der Waals surface area contributed by atoms with Crippen LogP contribution in [-0.4, -0.2) is 133 Å². The van der Waals surface area contributed by atoms with E-state index in [1.165, 1.54) is 6.26 Å². The van der Waals surface area contributed by atoms with E-state index >= 15 is 0 Å². The van der Waals surface area contributed by atoms with Crippen LogP contribution in [0, 0.1) is 11.8 Å². The molecule has 0 amide bonds. The van der Waals surface area contributed by atoms with Crippen molar-refractivity contribution in [3.05, 3.63) is 24.0 Å². The molecule has 2 fully saturated rings. The smallest absolute Gasteiger partial charge is 0.221 e. The highest BCUT2D eigenvalue weighted by atomic mass is 16.8. The summed E-state index contributed by atoms with van der Waals surface area (Å²) in [7, 11) is 0. The van der Waals surface area contributed by atoms with E-state index in [0.29, 0.717) is 12.0 Å². The third-order valence-electron chi connectivity index (χ3n) is 6.86. The van der Waals surface area contributed by atoms with Gasteiger partial charge in [-0.25, -0.2) is 0 Å². The lowest BCUT2D eigenvalue weighted by Gasteiger charge is -2.47. The van der Waals surface area contributed by atoms with Crippen molar-refractivity contribution in [3.63, 3.8) is 0 Å². The second kappa shape index (κ2) is 10.6. The molecule has 1 aliphatic carbocycles. The van der Waals surface area contributed by atoms with Gasteiger partial charge in [0.25, 0.3) is 0 Å². The van der Waals surface area contributed by atoms with Crippen molar-refractivity contribution >= 4 is 0 Å². The van der Waals surface area contributed by atoms with Crippen LogP contribution >= 0.6 is 0 Å². The number of fused-ring (bicyclic) bond motifs is 1. The standard InChI is InChI=1S/C21H32O14/c22-5-9-2-1-8-3-4-31-18(11(8)9)34-20-16(28)14(26)17(29)21(30,35-20)7-32-19-15(27)13(25)12(24)10(6-23)33-19/h2-4,8,10-20,22-30H,1,5-7H2/t8-,10+,11+,12+,13-,14+,15+,16+,17-,18?,19+,20-,21-/m0/s1. The molecule has 0 saturated carbocycles. The summed E-state index contributed by atoms with van der Waals surface area (Å²) in [5, 5.41) is 90.8. The van der Waals surface area contributed by atoms with Gasteiger partial charge >= 0.3 is 0 Å². The van der Waals surface area contributed by atoms with Gasteiger partial charge in [-0.15, -0.1) is 0 Å². The first-order chi connectivity index (χ1) is 16.6. The van der Waals surface area contributed by atoms with Gasteiger partial charge in [0.05, 0.1) is 25.4 Å². The van der Waals surface area contributed by atoms with Crippen molar-refractivity contribution in [2.75, 3.05) is 19.8 Å². The second-order valence-corrected chi connectivity index (χ2v) is 9.10. The zero-order chi connectivity index (χ0) is 25.5. The normalized spacial score (nSPS) is 49.9. The molecule has 13 atom stereocenters. The zero-order valence-electron chi connectivity index (χ0n) is 18.6. The first kappa shape index (κ1) is 26.8. The molecule has 0 bridgehead atoms. The number of hydrogen-bond acceptors (Lipinski definition) is 14. The molecule has 0 spiro atoms. The Kier molecular flexibility index (Phi) is 8.14. The molecule has 200 valence electrons. The van der Waals surface area contributed by atoms with E-state index in [0.717, 1.165) is 0 Å². The maximum Gasteiger partial charge on any atom is 0.221 e. The Morgan fingerprint density at radius 3 is 2.31 bits per heavy atom. The Morgan fingerprint density at radius 1 is 0.914 bits per heavy atom. The molecular weight excluding hydrogens is 476 g/mol. The lowest BCUT2D eigenvalue weighted by Crippen LogP contribution is -2.68. The molecule has 0 aromatic rings. The van der Waals surface area contributed by atoms with Crippen LogP contribution in [0.1, 0.15) is 6.42 Å². The monoisotopic (exact) mass is 508 g/mol. The minimum Gasteiger partial charge on any atom is -0.472 e. The largest absolute Gasteiger partial charge is 0.472 e. The van der Waals surface area contributed by atoms with Crippen LogP contribution < -0.4 is 0 Å². The van der Waals surface area contributed by atoms with Crippen molar-refractivity contribution in [3.8, 4) is 0 Å². The number of aliphatic hydroxyl groups is 9. The average molecular weight is 508 g/mol. The van der Waals surface area contributed by atoms with E-state index in [1.54, 1.807) is 6.08 Å². The second-order valence-electron chi connectivity index (χ2n) is 9.10. The summed E-state index contributed by atoms with van der Waals surface area (Å²) in [6.07, 6.45) is -11.1. The Hall–Kier alpha value is -1.24. The van der Waals surface area contributed by atoms with Crippen molar-refractivity contribution < 1.29 is 69.6 Å². The van der Waals surface area contributed by atoms with Crippen LogP contribution in [-0.2, 0) is 23.7 Å². The van der Waals surface area contributed by atoms with Gasteiger partial charge in [0.2, 0.25) is 12.1 Å². The summed E-state index contributed by atoms with van der Waals surface area (Å²) in [5.74, 6) is -3.14. The summed E-state index contributed by atoms with van der Waals surface area (Å²) < 4.78 is 27.0. The molecule has 0 aromatic heterocycles. The minimum atomic E-state index is -2.68. The van der Waals surface area contributed by atoms with Crippen LogP contribution in [0.25, 0.3) is 0 Å². The molecule has 1 unspecified atom stereocenters. The molecule has 3 aliphatic heterocycles. The van der Waals surface area contributed by atoms with Crippen molar-refractivity contribution in [1.29, 1.82) is 0 Å². The predicted molar refractivity (Wildman–Crippen MR) is 109 cm³/mol. The molecule has 14 nitrogen and oxygen atoms in total. The highest BCUT2D eigenvalue weighted by Crippen LogP contribution is 2.41. The number of aliphatic hydroxyl groups excluding tert-OH is 8. The van der Waals surface area contributed by atoms with E-state index in [-0.39, 0.29) is 12.5 Å². The molecular formula is C21H32O14. The van der Waals surface area contributed by atoms with Crippen LogP contribution in [0.2, 0.25) is 0 Å². The molecule has 14 heteroatoms. The maximum atomic E-state index is 10.9. The van der Waals surface area contributed by atoms with E-state index in [4.69, 9.17) is 23.7 Å². The fraction of sp³-hybridized carbons (Fsp3) is 0.810. The number of hydrogen-bond donors (Lipinski definition) is 9. The van der Waals surface area contributed by atoms with Crippen LogP contribution in [0.5, 0.6) is 0 Å². The molecule has 0 radical (unpaired) electrons. The van der Waals surface area contributed by atoms with E-state index in [1.807, 2.05) is 6.08 Å². The highest BCUT2D eigenvalue weighted by Gasteiger charge is 2.56. The Bertz CT molecular complexity index is 790. The SMILES string of the molecule is OCC1=CC[C@H]2C=COC(O[C@H]3O[C@@](O)(CO[C@@H]4O[C@H](CO)[C@@H](O)[C@H](O)[C@H]4O)[C@@H](O)[C@H](O)[C@H]3O)[C@@H]12. The van der Waals surface area contributed by atoms with Crippen LogP contribution in [0.4, 0.5) is 0 Å². The van der Waals surface area contributed by atoms with Gasteiger partial charge in [0.15, 0.2) is 12.6 Å². The number of rotatable bonds is 7. The third kappa shape index (κ3) is 5.00. The molecule has 2 saturated heterocycles. The molecule has 4 aliphatic rings.